The highest BCUT2D eigenvalue weighted by Crippen LogP contribution is 2.37. The SMILES string of the molecule is CCOc1cc(C#N)cc(Br)c1OCC(=O)N1CCCc2ccccc21. The van der Waals surface area contributed by atoms with Crippen molar-refractivity contribution in [3.63, 3.8) is 0 Å². The van der Waals surface area contributed by atoms with Gasteiger partial charge >= 0.3 is 0 Å². The molecule has 0 aromatic heterocycles. The van der Waals surface area contributed by atoms with Crippen molar-refractivity contribution >= 4 is 27.5 Å². The van der Waals surface area contributed by atoms with E-state index in [4.69, 9.17) is 14.7 Å². The summed E-state index contributed by atoms with van der Waals surface area (Å²) in [7, 11) is 0. The molecule has 1 aliphatic rings. The first kappa shape index (κ1) is 18.3. The molecule has 0 bridgehead atoms. The minimum absolute atomic E-state index is 0.0983. The topological polar surface area (TPSA) is 62.6 Å². The molecule has 2 aromatic carbocycles. The van der Waals surface area contributed by atoms with Gasteiger partial charge in [-0.25, -0.2) is 0 Å². The lowest BCUT2D eigenvalue weighted by Crippen LogP contribution is -2.38. The zero-order chi connectivity index (χ0) is 18.5. The Morgan fingerprint density at radius 1 is 1.31 bits per heavy atom. The number of rotatable bonds is 5. The van der Waals surface area contributed by atoms with Gasteiger partial charge in [-0.15, -0.1) is 0 Å². The molecule has 1 heterocycles. The van der Waals surface area contributed by atoms with Crippen LogP contribution in [0.25, 0.3) is 0 Å². The highest BCUT2D eigenvalue weighted by atomic mass is 79.9. The fourth-order valence-electron chi connectivity index (χ4n) is 3.04. The van der Waals surface area contributed by atoms with Gasteiger partial charge in [-0.2, -0.15) is 5.26 Å². The van der Waals surface area contributed by atoms with Crippen molar-refractivity contribution in [1.29, 1.82) is 5.26 Å². The Kier molecular flexibility index (Phi) is 5.79. The maximum Gasteiger partial charge on any atom is 0.264 e. The number of nitriles is 1. The van der Waals surface area contributed by atoms with Gasteiger partial charge in [0.2, 0.25) is 0 Å². The lowest BCUT2D eigenvalue weighted by molar-refractivity contribution is -0.120. The third-order valence-electron chi connectivity index (χ3n) is 4.19. The molecule has 1 amide bonds. The molecule has 0 unspecified atom stereocenters. The number of hydrogen-bond acceptors (Lipinski definition) is 4. The van der Waals surface area contributed by atoms with Gasteiger partial charge in [0, 0.05) is 18.3 Å². The molecular weight excluding hydrogens is 396 g/mol. The number of ether oxygens (including phenoxy) is 2. The minimum Gasteiger partial charge on any atom is -0.490 e. The fourth-order valence-corrected chi connectivity index (χ4v) is 3.60. The Bertz CT molecular complexity index is 861. The smallest absolute Gasteiger partial charge is 0.264 e. The standard InChI is InChI=1S/C20H19BrN2O3/c1-2-25-18-11-14(12-22)10-16(21)20(18)26-13-19(24)23-9-5-7-15-6-3-4-8-17(15)23/h3-4,6,8,10-11H,2,5,7,9,13H2,1H3. The number of para-hydroxylation sites is 1. The molecular formula is C20H19BrN2O3. The van der Waals surface area contributed by atoms with Gasteiger partial charge in [0.25, 0.3) is 5.91 Å². The molecule has 0 N–H and O–H groups in total. The van der Waals surface area contributed by atoms with Gasteiger partial charge in [0.1, 0.15) is 0 Å². The summed E-state index contributed by atoms with van der Waals surface area (Å²) < 4.78 is 11.9. The van der Waals surface area contributed by atoms with Crippen molar-refractivity contribution in [3.8, 4) is 17.6 Å². The van der Waals surface area contributed by atoms with Crippen molar-refractivity contribution in [1.82, 2.24) is 0 Å². The van der Waals surface area contributed by atoms with Crippen molar-refractivity contribution in [2.75, 3.05) is 24.7 Å². The Morgan fingerprint density at radius 2 is 2.12 bits per heavy atom. The maximum absolute atomic E-state index is 12.7. The summed E-state index contributed by atoms with van der Waals surface area (Å²) >= 11 is 3.40. The molecule has 0 spiro atoms. The lowest BCUT2D eigenvalue weighted by Gasteiger charge is -2.29. The average Bonchev–Trinajstić information content (AvgIpc) is 2.66. The van der Waals surface area contributed by atoms with E-state index in [2.05, 4.69) is 28.1 Å². The fraction of sp³-hybridized carbons (Fsp3) is 0.300. The van der Waals surface area contributed by atoms with Crippen LogP contribution in [0.2, 0.25) is 0 Å². The summed E-state index contributed by atoms with van der Waals surface area (Å²) in [6, 6.07) is 13.3. The number of hydrogen-bond donors (Lipinski definition) is 0. The van der Waals surface area contributed by atoms with E-state index in [1.54, 1.807) is 17.0 Å². The predicted molar refractivity (Wildman–Crippen MR) is 103 cm³/mol. The third kappa shape index (κ3) is 3.83. The van der Waals surface area contributed by atoms with Crippen LogP contribution in [0.4, 0.5) is 5.69 Å². The summed E-state index contributed by atoms with van der Waals surface area (Å²) in [5.41, 5.74) is 2.60. The van der Waals surface area contributed by atoms with Gasteiger partial charge in [-0.1, -0.05) is 18.2 Å². The van der Waals surface area contributed by atoms with Crippen LogP contribution in [0.5, 0.6) is 11.5 Å². The molecule has 6 heteroatoms. The van der Waals surface area contributed by atoms with Crippen LogP contribution in [0.1, 0.15) is 24.5 Å². The number of amides is 1. The van der Waals surface area contributed by atoms with Crippen LogP contribution < -0.4 is 14.4 Å². The summed E-state index contributed by atoms with van der Waals surface area (Å²) in [4.78, 5) is 14.5. The Labute approximate surface area is 161 Å². The lowest BCUT2D eigenvalue weighted by atomic mass is 10.0. The number of aryl methyl sites for hydroxylation is 1. The highest BCUT2D eigenvalue weighted by Gasteiger charge is 2.23. The molecule has 0 saturated heterocycles. The molecule has 5 nitrogen and oxygen atoms in total. The van der Waals surface area contributed by atoms with Gasteiger partial charge in [-0.05, 0) is 53.4 Å². The van der Waals surface area contributed by atoms with Gasteiger partial charge in [0.15, 0.2) is 18.1 Å². The first-order chi connectivity index (χ1) is 12.6. The molecule has 0 fully saturated rings. The Morgan fingerprint density at radius 3 is 2.88 bits per heavy atom. The van der Waals surface area contributed by atoms with Gasteiger partial charge < -0.3 is 14.4 Å². The molecule has 26 heavy (non-hydrogen) atoms. The molecule has 0 saturated carbocycles. The zero-order valence-corrected chi connectivity index (χ0v) is 16.1. The largest absolute Gasteiger partial charge is 0.490 e. The van der Waals surface area contributed by atoms with Gasteiger partial charge in [-0.3, -0.25) is 4.79 Å². The van der Waals surface area contributed by atoms with E-state index in [1.807, 2.05) is 25.1 Å². The first-order valence-corrected chi connectivity index (χ1v) is 9.31. The number of fused-ring (bicyclic) bond motifs is 1. The second-order valence-corrected chi connectivity index (χ2v) is 6.75. The second kappa shape index (κ2) is 8.24. The van der Waals surface area contributed by atoms with E-state index in [0.29, 0.717) is 34.7 Å². The van der Waals surface area contributed by atoms with E-state index >= 15 is 0 Å². The quantitative estimate of drug-likeness (QED) is 0.739. The maximum atomic E-state index is 12.7. The van der Waals surface area contributed by atoms with E-state index in [1.165, 1.54) is 5.56 Å². The zero-order valence-electron chi connectivity index (χ0n) is 14.5. The van der Waals surface area contributed by atoms with Crippen LogP contribution in [-0.2, 0) is 11.2 Å². The van der Waals surface area contributed by atoms with E-state index in [0.717, 1.165) is 18.5 Å². The van der Waals surface area contributed by atoms with Crippen molar-refractivity contribution in [3.05, 3.63) is 52.0 Å². The number of anilines is 1. The summed E-state index contributed by atoms with van der Waals surface area (Å²) in [6.07, 6.45) is 1.92. The van der Waals surface area contributed by atoms with Crippen LogP contribution in [-0.4, -0.2) is 25.7 Å². The van der Waals surface area contributed by atoms with Crippen LogP contribution in [0.3, 0.4) is 0 Å². The number of nitrogens with zero attached hydrogens (tertiary/aromatic N) is 2. The monoisotopic (exact) mass is 414 g/mol. The van der Waals surface area contributed by atoms with Gasteiger partial charge in [0.05, 0.1) is 22.7 Å². The number of carbonyl (C=O) groups is 1. The van der Waals surface area contributed by atoms with Crippen LogP contribution in [0.15, 0.2) is 40.9 Å². The highest BCUT2D eigenvalue weighted by molar-refractivity contribution is 9.10. The summed E-state index contributed by atoms with van der Waals surface area (Å²) in [5.74, 6) is 0.783. The number of benzene rings is 2. The molecule has 1 aliphatic heterocycles. The van der Waals surface area contributed by atoms with E-state index < -0.39 is 0 Å². The number of carbonyl (C=O) groups excluding carboxylic acids is 1. The van der Waals surface area contributed by atoms with Crippen molar-refractivity contribution in [2.24, 2.45) is 0 Å². The molecule has 2 aromatic rings. The van der Waals surface area contributed by atoms with Crippen LogP contribution in [0, 0.1) is 11.3 Å². The second-order valence-electron chi connectivity index (χ2n) is 5.90. The Balaban J connectivity index is 1.78. The van der Waals surface area contributed by atoms with Crippen molar-refractivity contribution in [2.45, 2.75) is 19.8 Å². The van der Waals surface area contributed by atoms with E-state index in [-0.39, 0.29) is 12.5 Å². The molecule has 3 rings (SSSR count). The minimum atomic E-state index is -0.101. The normalized spacial score (nSPS) is 12.9. The molecule has 0 atom stereocenters. The third-order valence-corrected chi connectivity index (χ3v) is 4.78. The van der Waals surface area contributed by atoms with Crippen molar-refractivity contribution < 1.29 is 14.3 Å². The summed E-state index contributed by atoms with van der Waals surface area (Å²) in [6.45, 7) is 2.88. The molecule has 0 aliphatic carbocycles. The van der Waals surface area contributed by atoms with E-state index in [9.17, 15) is 4.79 Å². The summed E-state index contributed by atoms with van der Waals surface area (Å²) in [5, 5.41) is 9.10. The number of halogens is 1. The average molecular weight is 415 g/mol. The molecule has 134 valence electrons. The molecule has 0 radical (unpaired) electrons. The Hall–Kier alpha value is -2.52. The first-order valence-electron chi connectivity index (χ1n) is 8.51. The van der Waals surface area contributed by atoms with Crippen LogP contribution >= 0.6 is 15.9 Å². The predicted octanol–water partition coefficient (Wildman–Crippen LogP) is 4.08.